The van der Waals surface area contributed by atoms with Crippen LogP contribution in [0.4, 0.5) is 0 Å². The predicted octanol–water partition coefficient (Wildman–Crippen LogP) is 2.34. The number of nitrogens with zero attached hydrogens (tertiary/aromatic N) is 2. The minimum atomic E-state index is -0.617. The molecule has 0 atom stereocenters. The molecule has 0 bridgehead atoms. The molecule has 0 saturated heterocycles. The molecule has 0 amide bonds. The van der Waals surface area contributed by atoms with Crippen molar-refractivity contribution in [1.29, 1.82) is 0 Å². The lowest BCUT2D eigenvalue weighted by Crippen LogP contribution is -2.25. The fourth-order valence-corrected chi connectivity index (χ4v) is 2.64. The van der Waals surface area contributed by atoms with Crippen LogP contribution in [0.15, 0.2) is 41.2 Å². The first-order valence-electron chi connectivity index (χ1n) is 7.75. The molecular formula is C17H22N2O4. The summed E-state index contributed by atoms with van der Waals surface area (Å²) < 4.78 is 11.2. The van der Waals surface area contributed by atoms with E-state index in [1.54, 1.807) is 17.0 Å². The van der Waals surface area contributed by atoms with Gasteiger partial charge < -0.3 is 14.0 Å². The lowest BCUT2D eigenvalue weighted by atomic mass is 9.96. The molecule has 0 aromatic carbocycles. The van der Waals surface area contributed by atoms with Crippen LogP contribution in [-0.2, 0) is 19.1 Å². The van der Waals surface area contributed by atoms with E-state index in [1.165, 1.54) is 20.6 Å². The lowest BCUT2D eigenvalue weighted by Gasteiger charge is -2.20. The SMILES string of the molecule is COC(=O)C=C(C(=O)OC)C(=NC1CCCCC1)n1cccc1. The summed E-state index contributed by atoms with van der Waals surface area (Å²) in [5.41, 5.74) is 0.0983. The van der Waals surface area contributed by atoms with Crippen molar-refractivity contribution in [3.05, 3.63) is 36.2 Å². The van der Waals surface area contributed by atoms with Gasteiger partial charge in [-0.15, -0.1) is 0 Å². The van der Waals surface area contributed by atoms with E-state index in [1.807, 2.05) is 12.1 Å². The van der Waals surface area contributed by atoms with Crippen molar-refractivity contribution in [3.8, 4) is 0 Å². The van der Waals surface area contributed by atoms with Gasteiger partial charge in [-0.25, -0.2) is 9.59 Å². The quantitative estimate of drug-likeness (QED) is 0.370. The molecule has 0 unspecified atom stereocenters. The number of rotatable bonds is 4. The van der Waals surface area contributed by atoms with Gasteiger partial charge in [0, 0.05) is 18.5 Å². The Morgan fingerprint density at radius 3 is 2.30 bits per heavy atom. The summed E-state index contributed by atoms with van der Waals surface area (Å²) in [7, 11) is 2.54. The Bertz CT molecular complexity index is 596. The van der Waals surface area contributed by atoms with E-state index in [9.17, 15) is 9.59 Å². The van der Waals surface area contributed by atoms with Crippen LogP contribution in [0.25, 0.3) is 0 Å². The first kappa shape index (κ1) is 17.0. The summed E-state index contributed by atoms with van der Waals surface area (Å²) in [5, 5.41) is 0. The predicted molar refractivity (Wildman–Crippen MR) is 86.3 cm³/mol. The molecule has 1 aliphatic rings. The number of aliphatic imine (C=N–C) groups is 1. The van der Waals surface area contributed by atoms with Crippen molar-refractivity contribution in [2.75, 3.05) is 14.2 Å². The Labute approximate surface area is 135 Å². The van der Waals surface area contributed by atoms with Gasteiger partial charge in [-0.2, -0.15) is 0 Å². The van der Waals surface area contributed by atoms with Gasteiger partial charge in [0.05, 0.1) is 20.3 Å². The van der Waals surface area contributed by atoms with Gasteiger partial charge in [0.25, 0.3) is 0 Å². The first-order chi connectivity index (χ1) is 11.2. The van der Waals surface area contributed by atoms with Crippen molar-refractivity contribution in [1.82, 2.24) is 4.57 Å². The highest BCUT2D eigenvalue weighted by Crippen LogP contribution is 2.21. The average Bonchev–Trinajstić information content (AvgIpc) is 3.12. The largest absolute Gasteiger partial charge is 0.466 e. The van der Waals surface area contributed by atoms with Crippen LogP contribution < -0.4 is 0 Å². The molecule has 2 rings (SSSR count). The highest BCUT2D eigenvalue weighted by atomic mass is 16.5. The van der Waals surface area contributed by atoms with E-state index in [0.717, 1.165) is 31.8 Å². The third kappa shape index (κ3) is 4.55. The van der Waals surface area contributed by atoms with E-state index >= 15 is 0 Å². The molecule has 23 heavy (non-hydrogen) atoms. The molecule has 0 aliphatic heterocycles. The van der Waals surface area contributed by atoms with Crippen LogP contribution in [0.3, 0.4) is 0 Å². The zero-order chi connectivity index (χ0) is 16.7. The molecule has 124 valence electrons. The van der Waals surface area contributed by atoms with Crippen molar-refractivity contribution in [3.63, 3.8) is 0 Å². The molecule has 1 aromatic rings. The van der Waals surface area contributed by atoms with Crippen LogP contribution in [0.1, 0.15) is 32.1 Å². The summed E-state index contributed by atoms with van der Waals surface area (Å²) >= 11 is 0. The molecule has 0 radical (unpaired) electrons. The van der Waals surface area contributed by atoms with Crippen molar-refractivity contribution in [2.45, 2.75) is 38.1 Å². The van der Waals surface area contributed by atoms with Crippen LogP contribution >= 0.6 is 0 Å². The standard InChI is InChI=1S/C17H22N2O4/c1-22-15(20)12-14(17(21)23-2)16(19-10-6-7-11-19)18-13-8-4-3-5-9-13/h6-7,10-13H,3-5,8-9H2,1-2H3. The molecule has 0 N–H and O–H groups in total. The number of esters is 2. The minimum Gasteiger partial charge on any atom is -0.466 e. The minimum absolute atomic E-state index is 0.0983. The molecule has 0 spiro atoms. The van der Waals surface area contributed by atoms with E-state index < -0.39 is 11.9 Å². The third-order valence-electron chi connectivity index (χ3n) is 3.84. The Morgan fingerprint density at radius 1 is 1.09 bits per heavy atom. The fourth-order valence-electron chi connectivity index (χ4n) is 2.64. The molecule has 1 aromatic heterocycles. The van der Waals surface area contributed by atoms with Gasteiger partial charge in [-0.3, -0.25) is 4.99 Å². The van der Waals surface area contributed by atoms with Gasteiger partial charge in [0.2, 0.25) is 0 Å². The molecule has 6 heteroatoms. The van der Waals surface area contributed by atoms with Crippen LogP contribution in [0.5, 0.6) is 0 Å². The average molecular weight is 318 g/mol. The highest BCUT2D eigenvalue weighted by Gasteiger charge is 2.22. The second-order valence-electron chi connectivity index (χ2n) is 5.41. The topological polar surface area (TPSA) is 69.9 Å². The summed E-state index contributed by atoms with van der Waals surface area (Å²) in [4.78, 5) is 28.5. The van der Waals surface area contributed by atoms with Crippen LogP contribution in [-0.4, -0.2) is 42.6 Å². The van der Waals surface area contributed by atoms with Crippen LogP contribution in [0.2, 0.25) is 0 Å². The Morgan fingerprint density at radius 2 is 1.74 bits per heavy atom. The number of carbonyl (C=O) groups excluding carboxylic acids is 2. The Kier molecular flexibility index (Phi) is 6.14. The van der Waals surface area contributed by atoms with Gasteiger partial charge in [0.1, 0.15) is 11.4 Å². The maximum absolute atomic E-state index is 12.1. The Balaban J connectivity index is 2.44. The first-order valence-corrected chi connectivity index (χ1v) is 7.75. The second kappa shape index (κ2) is 8.31. The summed E-state index contributed by atoms with van der Waals surface area (Å²) in [6.45, 7) is 0. The second-order valence-corrected chi connectivity index (χ2v) is 5.41. The molecular weight excluding hydrogens is 296 g/mol. The zero-order valence-corrected chi connectivity index (χ0v) is 13.5. The van der Waals surface area contributed by atoms with Gasteiger partial charge in [0.15, 0.2) is 0 Å². The number of carbonyl (C=O) groups is 2. The van der Waals surface area contributed by atoms with E-state index in [0.29, 0.717) is 5.84 Å². The lowest BCUT2D eigenvalue weighted by molar-refractivity contribution is -0.138. The molecule has 1 aliphatic carbocycles. The number of hydrogen-bond acceptors (Lipinski definition) is 5. The van der Waals surface area contributed by atoms with Crippen LogP contribution in [0, 0.1) is 0 Å². The molecule has 6 nitrogen and oxygen atoms in total. The van der Waals surface area contributed by atoms with Gasteiger partial charge in [-0.1, -0.05) is 19.3 Å². The molecule has 1 saturated carbocycles. The van der Waals surface area contributed by atoms with Gasteiger partial charge in [-0.05, 0) is 25.0 Å². The number of aromatic nitrogens is 1. The maximum atomic E-state index is 12.1. The number of hydrogen-bond donors (Lipinski definition) is 0. The van der Waals surface area contributed by atoms with E-state index in [-0.39, 0.29) is 11.6 Å². The third-order valence-corrected chi connectivity index (χ3v) is 3.84. The molecule has 1 heterocycles. The maximum Gasteiger partial charge on any atom is 0.341 e. The smallest absolute Gasteiger partial charge is 0.341 e. The van der Waals surface area contributed by atoms with Crippen molar-refractivity contribution < 1.29 is 19.1 Å². The normalized spacial score (nSPS) is 17.0. The van der Waals surface area contributed by atoms with Gasteiger partial charge >= 0.3 is 11.9 Å². The summed E-state index contributed by atoms with van der Waals surface area (Å²) in [6.07, 6.45) is 10.1. The monoisotopic (exact) mass is 318 g/mol. The van der Waals surface area contributed by atoms with E-state index in [4.69, 9.17) is 9.73 Å². The Hall–Kier alpha value is -2.37. The summed E-state index contributed by atoms with van der Waals surface area (Å²) in [6, 6.07) is 3.82. The van der Waals surface area contributed by atoms with Crippen molar-refractivity contribution >= 4 is 17.8 Å². The fraction of sp³-hybridized carbons (Fsp3) is 0.471. The summed E-state index contributed by atoms with van der Waals surface area (Å²) in [5.74, 6) is -0.813. The van der Waals surface area contributed by atoms with Crippen molar-refractivity contribution in [2.24, 2.45) is 4.99 Å². The zero-order valence-electron chi connectivity index (χ0n) is 13.5. The number of ether oxygens (including phenoxy) is 2. The van der Waals surface area contributed by atoms with E-state index in [2.05, 4.69) is 4.74 Å². The molecule has 1 fully saturated rings. The number of methoxy groups -OCH3 is 2. The highest BCUT2D eigenvalue weighted by molar-refractivity contribution is 6.22.